The topological polar surface area (TPSA) is 26.7 Å². The second-order valence-electron chi connectivity index (χ2n) is 7.07. The van der Waals surface area contributed by atoms with E-state index in [0.717, 1.165) is 25.8 Å². The second kappa shape index (κ2) is 5.89. The van der Waals surface area contributed by atoms with Crippen LogP contribution in [0.1, 0.15) is 46.0 Å². The highest BCUT2D eigenvalue weighted by Gasteiger charge is 2.35. The Balaban J connectivity index is 1.80. The molecule has 2 aliphatic rings. The highest BCUT2D eigenvalue weighted by Crippen LogP contribution is 2.37. The summed E-state index contributed by atoms with van der Waals surface area (Å²) in [6.07, 6.45) is 5.86. The van der Waals surface area contributed by atoms with Gasteiger partial charge in [0.15, 0.2) is 0 Å². The Hall–Kier alpha value is -0.120. The molecule has 2 atom stereocenters. The number of likely N-dealkylation sites (N-methyl/N-ethyl adjacent to an activating group) is 1. The van der Waals surface area contributed by atoms with Crippen molar-refractivity contribution < 1.29 is 5.11 Å². The van der Waals surface area contributed by atoms with E-state index in [2.05, 4.69) is 30.7 Å². The minimum absolute atomic E-state index is 0.124. The molecule has 1 saturated heterocycles. The van der Waals surface area contributed by atoms with E-state index in [-0.39, 0.29) is 6.10 Å². The third kappa shape index (κ3) is 3.69. The average Bonchev–Trinajstić information content (AvgIpc) is 2.82. The molecule has 2 rings (SSSR count). The van der Waals surface area contributed by atoms with Crippen molar-refractivity contribution in [3.63, 3.8) is 0 Å². The van der Waals surface area contributed by atoms with Crippen molar-refractivity contribution in [3.8, 4) is 0 Å². The molecule has 0 aromatic rings. The van der Waals surface area contributed by atoms with E-state index in [4.69, 9.17) is 0 Å². The van der Waals surface area contributed by atoms with Gasteiger partial charge < -0.3 is 10.0 Å². The van der Waals surface area contributed by atoms with Gasteiger partial charge in [0.1, 0.15) is 0 Å². The van der Waals surface area contributed by atoms with Crippen LogP contribution in [0.25, 0.3) is 0 Å². The van der Waals surface area contributed by atoms with Crippen LogP contribution >= 0.6 is 0 Å². The molecule has 106 valence electrons. The Bertz CT molecular complexity index is 261. The molecule has 0 radical (unpaired) electrons. The predicted molar refractivity (Wildman–Crippen MR) is 75.7 cm³/mol. The molecule has 0 bridgehead atoms. The second-order valence-corrected chi connectivity index (χ2v) is 7.07. The van der Waals surface area contributed by atoms with Gasteiger partial charge >= 0.3 is 0 Å². The van der Waals surface area contributed by atoms with Crippen molar-refractivity contribution in [2.24, 2.45) is 5.41 Å². The summed E-state index contributed by atoms with van der Waals surface area (Å²) in [5.41, 5.74) is 0.395. The van der Waals surface area contributed by atoms with Crippen LogP contribution in [-0.2, 0) is 0 Å². The van der Waals surface area contributed by atoms with Crippen molar-refractivity contribution in [1.82, 2.24) is 9.80 Å². The lowest BCUT2D eigenvalue weighted by Crippen LogP contribution is -2.49. The van der Waals surface area contributed by atoms with Gasteiger partial charge in [-0.15, -0.1) is 0 Å². The highest BCUT2D eigenvalue weighted by atomic mass is 16.3. The smallest absolute Gasteiger partial charge is 0.0695 e. The van der Waals surface area contributed by atoms with Gasteiger partial charge in [0.2, 0.25) is 0 Å². The molecular formula is C15H30N2O. The first-order valence-corrected chi connectivity index (χ1v) is 7.59. The molecular weight excluding hydrogens is 224 g/mol. The molecule has 0 amide bonds. The molecule has 3 heteroatoms. The number of nitrogens with zero attached hydrogens (tertiary/aromatic N) is 2. The number of likely N-dealkylation sites (tertiary alicyclic amines) is 1. The lowest BCUT2D eigenvalue weighted by atomic mass is 9.73. The van der Waals surface area contributed by atoms with Crippen LogP contribution in [0.2, 0.25) is 0 Å². The van der Waals surface area contributed by atoms with Crippen LogP contribution in [0.5, 0.6) is 0 Å². The van der Waals surface area contributed by atoms with E-state index in [9.17, 15) is 5.11 Å². The normalized spacial score (nSPS) is 33.2. The van der Waals surface area contributed by atoms with E-state index >= 15 is 0 Å². The molecule has 18 heavy (non-hydrogen) atoms. The third-order valence-electron chi connectivity index (χ3n) is 4.86. The van der Waals surface area contributed by atoms with E-state index in [0.29, 0.717) is 11.5 Å². The van der Waals surface area contributed by atoms with Crippen molar-refractivity contribution in [2.75, 3.05) is 33.2 Å². The largest absolute Gasteiger partial charge is 0.391 e. The van der Waals surface area contributed by atoms with Gasteiger partial charge in [-0.25, -0.2) is 0 Å². The Kier molecular flexibility index (Phi) is 4.68. The Morgan fingerprint density at radius 1 is 1.28 bits per heavy atom. The van der Waals surface area contributed by atoms with Gasteiger partial charge in [-0.2, -0.15) is 0 Å². The fraction of sp³-hybridized carbons (Fsp3) is 1.00. The highest BCUT2D eigenvalue weighted by molar-refractivity contribution is 4.90. The summed E-state index contributed by atoms with van der Waals surface area (Å²) in [7, 11) is 2.19. The number of hydrogen-bond donors (Lipinski definition) is 1. The number of rotatable bonds is 4. The summed E-state index contributed by atoms with van der Waals surface area (Å²) >= 11 is 0. The van der Waals surface area contributed by atoms with E-state index in [1.54, 1.807) is 0 Å². The fourth-order valence-corrected chi connectivity index (χ4v) is 3.46. The van der Waals surface area contributed by atoms with Gasteiger partial charge in [0, 0.05) is 19.1 Å². The van der Waals surface area contributed by atoms with Crippen LogP contribution in [0.15, 0.2) is 0 Å². The van der Waals surface area contributed by atoms with Crippen LogP contribution in [-0.4, -0.2) is 60.3 Å². The monoisotopic (exact) mass is 254 g/mol. The minimum atomic E-state index is -0.124. The lowest BCUT2D eigenvalue weighted by molar-refractivity contribution is -0.00921. The SMILES string of the molecule is CN(CCN1CCCC1)C1CC(C)(C)CCC1O. The molecule has 1 saturated carbocycles. The Labute approximate surface area is 112 Å². The first kappa shape index (κ1) is 14.3. The van der Waals surface area contributed by atoms with Gasteiger partial charge in [-0.05, 0) is 57.7 Å². The standard InChI is InChI=1S/C15H30N2O/c1-15(2)7-6-14(18)13(12-15)16(3)10-11-17-8-4-5-9-17/h13-14,18H,4-12H2,1-3H3. The number of hydrogen-bond acceptors (Lipinski definition) is 3. The van der Waals surface area contributed by atoms with E-state index in [1.807, 2.05) is 0 Å². The zero-order chi connectivity index (χ0) is 13.2. The summed E-state index contributed by atoms with van der Waals surface area (Å²) in [6, 6.07) is 0.358. The summed E-state index contributed by atoms with van der Waals surface area (Å²) in [5, 5.41) is 10.2. The quantitative estimate of drug-likeness (QED) is 0.831. The zero-order valence-corrected chi connectivity index (χ0v) is 12.4. The first-order valence-electron chi connectivity index (χ1n) is 7.59. The minimum Gasteiger partial charge on any atom is -0.391 e. The number of aliphatic hydroxyl groups excluding tert-OH is 1. The molecule has 3 nitrogen and oxygen atoms in total. The molecule has 1 aliphatic heterocycles. The average molecular weight is 254 g/mol. The maximum Gasteiger partial charge on any atom is 0.0695 e. The molecule has 1 N–H and O–H groups in total. The molecule has 0 spiro atoms. The molecule has 0 aromatic heterocycles. The van der Waals surface area contributed by atoms with Gasteiger partial charge in [-0.1, -0.05) is 13.8 Å². The van der Waals surface area contributed by atoms with Crippen LogP contribution in [0, 0.1) is 5.41 Å². The van der Waals surface area contributed by atoms with Gasteiger partial charge in [0.05, 0.1) is 6.10 Å². The maximum atomic E-state index is 10.2. The molecule has 1 heterocycles. The Morgan fingerprint density at radius 2 is 1.94 bits per heavy atom. The van der Waals surface area contributed by atoms with Crippen molar-refractivity contribution >= 4 is 0 Å². The lowest BCUT2D eigenvalue weighted by Gasteiger charge is -2.43. The van der Waals surface area contributed by atoms with Crippen LogP contribution < -0.4 is 0 Å². The van der Waals surface area contributed by atoms with E-state index in [1.165, 1.54) is 32.5 Å². The van der Waals surface area contributed by atoms with Gasteiger partial charge in [-0.3, -0.25) is 4.90 Å². The Morgan fingerprint density at radius 3 is 2.61 bits per heavy atom. The summed E-state index contributed by atoms with van der Waals surface area (Å²) < 4.78 is 0. The summed E-state index contributed by atoms with van der Waals surface area (Å²) in [4.78, 5) is 4.95. The van der Waals surface area contributed by atoms with Crippen LogP contribution in [0.4, 0.5) is 0 Å². The zero-order valence-electron chi connectivity index (χ0n) is 12.4. The molecule has 0 aromatic carbocycles. The number of aliphatic hydroxyl groups is 1. The van der Waals surface area contributed by atoms with Gasteiger partial charge in [0.25, 0.3) is 0 Å². The van der Waals surface area contributed by atoms with Crippen molar-refractivity contribution in [1.29, 1.82) is 0 Å². The first-order chi connectivity index (χ1) is 8.48. The van der Waals surface area contributed by atoms with Crippen LogP contribution in [0.3, 0.4) is 0 Å². The summed E-state index contributed by atoms with van der Waals surface area (Å²) in [6.45, 7) is 9.47. The summed E-state index contributed by atoms with van der Waals surface area (Å²) in [5.74, 6) is 0. The van der Waals surface area contributed by atoms with Crippen molar-refractivity contribution in [2.45, 2.75) is 58.1 Å². The van der Waals surface area contributed by atoms with Crippen molar-refractivity contribution in [3.05, 3.63) is 0 Å². The fourth-order valence-electron chi connectivity index (χ4n) is 3.46. The van der Waals surface area contributed by atoms with E-state index < -0.39 is 0 Å². The molecule has 1 aliphatic carbocycles. The predicted octanol–water partition coefficient (Wildman–Crippen LogP) is 1.95. The molecule has 2 unspecified atom stereocenters. The molecule has 2 fully saturated rings. The maximum absolute atomic E-state index is 10.2. The third-order valence-corrected chi connectivity index (χ3v) is 4.86.